The molecule has 1 atom stereocenters. The van der Waals surface area contributed by atoms with Gasteiger partial charge >= 0.3 is 0 Å². The molecular formula is C26H34FNO4. The first kappa shape index (κ1) is 23.2. The number of aryl methyl sites for hydroxylation is 1. The summed E-state index contributed by atoms with van der Waals surface area (Å²) in [4.78, 5) is 2.09. The molecule has 2 aliphatic rings. The first-order chi connectivity index (χ1) is 15.3. The lowest BCUT2D eigenvalue weighted by Gasteiger charge is -2.40. The number of nitrogens with zero attached hydrogens (tertiary/aromatic N) is 1. The summed E-state index contributed by atoms with van der Waals surface area (Å²) < 4.78 is 24.9. The van der Waals surface area contributed by atoms with E-state index >= 15 is 0 Å². The zero-order chi connectivity index (χ0) is 22.6. The molecule has 0 bridgehead atoms. The largest absolute Gasteiger partial charge is 0.490 e. The van der Waals surface area contributed by atoms with Gasteiger partial charge in [0.25, 0.3) is 0 Å². The van der Waals surface area contributed by atoms with Crippen molar-refractivity contribution >= 4 is 0 Å². The topological polar surface area (TPSA) is 62.2 Å². The number of hydrogen-bond donors (Lipinski definition) is 2. The van der Waals surface area contributed by atoms with E-state index in [0.717, 1.165) is 25.7 Å². The predicted octanol–water partition coefficient (Wildman–Crippen LogP) is 3.67. The maximum atomic E-state index is 13.5. The van der Waals surface area contributed by atoms with Gasteiger partial charge in [0.1, 0.15) is 23.8 Å². The number of halogens is 1. The minimum Gasteiger partial charge on any atom is -0.490 e. The summed E-state index contributed by atoms with van der Waals surface area (Å²) in [5.41, 5.74) is -0.108. The third-order valence-electron chi connectivity index (χ3n) is 6.78. The van der Waals surface area contributed by atoms with Gasteiger partial charge in [0.15, 0.2) is 0 Å². The van der Waals surface area contributed by atoms with Gasteiger partial charge in [0, 0.05) is 19.6 Å². The molecular weight excluding hydrogens is 409 g/mol. The summed E-state index contributed by atoms with van der Waals surface area (Å²) in [6, 6.07) is 15.1. The highest BCUT2D eigenvalue weighted by atomic mass is 19.1. The molecule has 174 valence electrons. The summed E-state index contributed by atoms with van der Waals surface area (Å²) in [5.74, 6) is 0.731. The second kappa shape index (κ2) is 9.87. The number of hydrogen-bond acceptors (Lipinski definition) is 5. The van der Waals surface area contributed by atoms with Crippen LogP contribution in [0.3, 0.4) is 0 Å². The van der Waals surface area contributed by atoms with Crippen LogP contribution in [0.2, 0.25) is 0 Å². The molecule has 2 N–H and O–H groups in total. The molecule has 2 aromatic rings. The van der Waals surface area contributed by atoms with Crippen molar-refractivity contribution in [2.45, 2.75) is 49.7 Å². The van der Waals surface area contributed by atoms with Crippen LogP contribution >= 0.6 is 0 Å². The van der Waals surface area contributed by atoms with E-state index in [1.807, 2.05) is 6.07 Å². The van der Waals surface area contributed by atoms with E-state index in [4.69, 9.17) is 9.47 Å². The molecule has 0 unspecified atom stereocenters. The molecule has 5 nitrogen and oxygen atoms in total. The van der Waals surface area contributed by atoms with Crippen molar-refractivity contribution in [3.05, 3.63) is 65.5 Å². The maximum absolute atomic E-state index is 13.5. The summed E-state index contributed by atoms with van der Waals surface area (Å²) in [6.07, 6.45) is 3.41. The molecule has 2 fully saturated rings. The Labute approximate surface area is 189 Å². The molecule has 4 rings (SSSR count). The molecule has 1 heterocycles. The van der Waals surface area contributed by atoms with E-state index < -0.39 is 11.2 Å². The predicted molar refractivity (Wildman–Crippen MR) is 121 cm³/mol. The van der Waals surface area contributed by atoms with Crippen molar-refractivity contribution < 1.29 is 24.1 Å². The maximum Gasteiger partial charge on any atom is 0.134 e. The molecule has 6 heteroatoms. The Balaban J connectivity index is 1.33. The van der Waals surface area contributed by atoms with Crippen molar-refractivity contribution in [2.75, 3.05) is 39.5 Å². The van der Waals surface area contributed by atoms with Crippen LogP contribution in [0.1, 0.15) is 42.7 Å². The fourth-order valence-corrected chi connectivity index (χ4v) is 4.93. The van der Waals surface area contributed by atoms with Gasteiger partial charge in [0.05, 0.1) is 18.8 Å². The summed E-state index contributed by atoms with van der Waals surface area (Å²) >= 11 is 0. The Kier molecular flexibility index (Phi) is 7.15. The smallest absolute Gasteiger partial charge is 0.134 e. The fourth-order valence-electron chi connectivity index (χ4n) is 4.93. The second-order valence-electron chi connectivity index (χ2n) is 9.60. The first-order valence-corrected chi connectivity index (χ1v) is 11.5. The van der Waals surface area contributed by atoms with Gasteiger partial charge in [0.2, 0.25) is 0 Å². The van der Waals surface area contributed by atoms with E-state index in [9.17, 15) is 14.6 Å². The Bertz CT molecular complexity index is 885. The van der Waals surface area contributed by atoms with Gasteiger partial charge in [-0.05, 0) is 67.9 Å². The minimum absolute atomic E-state index is 0.0447. The molecule has 1 aliphatic heterocycles. The summed E-state index contributed by atoms with van der Waals surface area (Å²) in [7, 11) is 0. The SMILES string of the molecule is Cc1cc(OC[C@@]2(O)COCCN(CC3(O)CCC(c4ccccc4)CC3)C2)ccc1F. The average Bonchev–Trinajstić information content (AvgIpc) is 2.97. The lowest BCUT2D eigenvalue weighted by molar-refractivity contribution is -0.0766. The van der Waals surface area contributed by atoms with Crippen LogP contribution in [0.4, 0.5) is 4.39 Å². The molecule has 1 saturated heterocycles. The summed E-state index contributed by atoms with van der Waals surface area (Å²) in [6.45, 7) is 3.92. The first-order valence-electron chi connectivity index (χ1n) is 11.5. The molecule has 32 heavy (non-hydrogen) atoms. The lowest BCUT2D eigenvalue weighted by atomic mass is 9.76. The quantitative estimate of drug-likeness (QED) is 0.714. The highest BCUT2D eigenvalue weighted by Gasteiger charge is 2.39. The molecule has 1 aliphatic carbocycles. The third-order valence-corrected chi connectivity index (χ3v) is 6.78. The van der Waals surface area contributed by atoms with Gasteiger partial charge in [-0.15, -0.1) is 0 Å². The number of aliphatic hydroxyl groups is 2. The Morgan fingerprint density at radius 2 is 1.84 bits per heavy atom. The van der Waals surface area contributed by atoms with Gasteiger partial charge in [-0.3, -0.25) is 4.90 Å². The van der Waals surface area contributed by atoms with Crippen molar-refractivity contribution in [1.29, 1.82) is 0 Å². The number of β-amino-alcohol motifs (C(OH)–C–C–N with tert-alkyl or cyclic N) is 2. The van der Waals surface area contributed by atoms with E-state index in [0.29, 0.717) is 43.5 Å². The number of ether oxygens (including phenoxy) is 2. The van der Waals surface area contributed by atoms with Crippen molar-refractivity contribution in [1.82, 2.24) is 4.90 Å². The fraction of sp³-hybridized carbons (Fsp3) is 0.538. The van der Waals surface area contributed by atoms with Crippen molar-refractivity contribution in [3.8, 4) is 5.75 Å². The molecule has 0 radical (unpaired) electrons. The zero-order valence-corrected chi connectivity index (χ0v) is 18.8. The minimum atomic E-state index is -1.20. The summed E-state index contributed by atoms with van der Waals surface area (Å²) in [5, 5.41) is 22.4. The van der Waals surface area contributed by atoms with Gasteiger partial charge in [-0.1, -0.05) is 30.3 Å². The van der Waals surface area contributed by atoms with E-state index in [-0.39, 0.29) is 19.0 Å². The van der Waals surface area contributed by atoms with Gasteiger partial charge in [-0.25, -0.2) is 4.39 Å². The van der Waals surface area contributed by atoms with Crippen molar-refractivity contribution in [3.63, 3.8) is 0 Å². The molecule has 2 aromatic carbocycles. The Morgan fingerprint density at radius 3 is 2.56 bits per heavy atom. The number of benzene rings is 2. The van der Waals surface area contributed by atoms with Crippen LogP contribution < -0.4 is 4.74 Å². The van der Waals surface area contributed by atoms with Gasteiger partial charge < -0.3 is 19.7 Å². The molecule has 0 amide bonds. The lowest BCUT2D eigenvalue weighted by Crippen LogP contribution is -2.53. The van der Waals surface area contributed by atoms with Gasteiger partial charge in [-0.2, -0.15) is 0 Å². The zero-order valence-electron chi connectivity index (χ0n) is 18.8. The highest BCUT2D eigenvalue weighted by Crippen LogP contribution is 2.38. The van der Waals surface area contributed by atoms with E-state index in [1.165, 1.54) is 11.6 Å². The average molecular weight is 444 g/mol. The molecule has 1 saturated carbocycles. The monoisotopic (exact) mass is 443 g/mol. The Hall–Kier alpha value is -1.99. The normalized spacial score (nSPS) is 29.4. The van der Waals surface area contributed by atoms with Crippen LogP contribution in [-0.4, -0.2) is 65.8 Å². The van der Waals surface area contributed by atoms with E-state index in [1.54, 1.807) is 19.1 Å². The molecule has 0 spiro atoms. The standard InChI is InChI=1S/C26H34FNO4/c1-20-15-23(7-8-24(20)27)32-19-26(30)17-28(13-14-31-18-26)16-25(29)11-9-22(10-12-25)21-5-3-2-4-6-21/h2-8,15,22,29-30H,9-14,16-19H2,1H3/t22?,25?,26-/m0/s1. The Morgan fingerprint density at radius 1 is 1.09 bits per heavy atom. The number of rotatable bonds is 6. The highest BCUT2D eigenvalue weighted by molar-refractivity contribution is 5.29. The third kappa shape index (κ3) is 5.87. The molecule has 0 aromatic heterocycles. The van der Waals surface area contributed by atoms with Crippen molar-refractivity contribution in [2.24, 2.45) is 0 Å². The van der Waals surface area contributed by atoms with Crippen LogP contribution in [0.25, 0.3) is 0 Å². The van der Waals surface area contributed by atoms with E-state index in [2.05, 4.69) is 29.2 Å². The van der Waals surface area contributed by atoms with Crippen LogP contribution in [0, 0.1) is 12.7 Å². The van der Waals surface area contributed by atoms with Crippen LogP contribution in [0.15, 0.2) is 48.5 Å². The second-order valence-corrected chi connectivity index (χ2v) is 9.60. The van der Waals surface area contributed by atoms with Crippen LogP contribution in [0.5, 0.6) is 5.75 Å². The van der Waals surface area contributed by atoms with Crippen LogP contribution in [-0.2, 0) is 4.74 Å².